The molecule has 0 heterocycles. The minimum atomic E-state index is -0.0995. The molecule has 3 nitrogen and oxygen atoms in total. The Balaban J connectivity index is 1.67. The van der Waals surface area contributed by atoms with Crippen LogP contribution in [0.1, 0.15) is 10.4 Å². The summed E-state index contributed by atoms with van der Waals surface area (Å²) in [6.07, 6.45) is 2.98. The summed E-state index contributed by atoms with van der Waals surface area (Å²) in [5.74, 6) is 0.0411. The first-order chi connectivity index (χ1) is 11.7. The molecule has 3 aromatic carbocycles. The van der Waals surface area contributed by atoms with E-state index >= 15 is 0 Å². The van der Waals surface area contributed by atoms with Crippen molar-refractivity contribution in [1.29, 1.82) is 0 Å². The Morgan fingerprint density at radius 1 is 0.792 bits per heavy atom. The van der Waals surface area contributed by atoms with Crippen LogP contribution in [0.4, 0.5) is 5.69 Å². The van der Waals surface area contributed by atoms with E-state index in [4.69, 9.17) is 0 Å². The Kier molecular flexibility index (Phi) is 4.73. The van der Waals surface area contributed by atoms with Gasteiger partial charge < -0.3 is 10.4 Å². The van der Waals surface area contributed by atoms with E-state index in [0.29, 0.717) is 11.3 Å². The van der Waals surface area contributed by atoms with Crippen LogP contribution in [0.3, 0.4) is 0 Å². The molecule has 0 saturated heterocycles. The summed E-state index contributed by atoms with van der Waals surface area (Å²) in [6, 6.07) is 24.4. The van der Waals surface area contributed by atoms with Crippen molar-refractivity contribution in [2.24, 2.45) is 0 Å². The van der Waals surface area contributed by atoms with E-state index in [0.717, 1.165) is 11.1 Å². The summed E-state index contributed by atoms with van der Waals surface area (Å²) < 4.78 is 0. The van der Waals surface area contributed by atoms with Crippen molar-refractivity contribution >= 4 is 11.5 Å². The molecule has 0 radical (unpaired) electrons. The minimum absolute atomic E-state index is 0.0995. The second-order valence-electron chi connectivity index (χ2n) is 5.30. The number of benzene rings is 3. The first-order valence-corrected chi connectivity index (χ1v) is 7.65. The van der Waals surface area contributed by atoms with E-state index < -0.39 is 0 Å². The SMILES string of the molecule is O=C(/C=C/Nc1ccccc1O)c1ccc(-c2ccccc2)cc1. The van der Waals surface area contributed by atoms with Gasteiger partial charge in [0.05, 0.1) is 5.69 Å². The lowest BCUT2D eigenvalue weighted by atomic mass is 10.0. The molecular formula is C21H17NO2. The molecule has 3 rings (SSSR count). The number of nitrogens with one attached hydrogen (secondary N) is 1. The quantitative estimate of drug-likeness (QED) is 0.401. The standard InChI is InChI=1S/C21H17NO2/c23-20(14-15-22-19-8-4-5-9-21(19)24)18-12-10-17(11-13-18)16-6-2-1-3-7-16/h1-15,22,24H/b15-14+. The number of anilines is 1. The van der Waals surface area contributed by atoms with Gasteiger partial charge in [-0.15, -0.1) is 0 Å². The number of para-hydroxylation sites is 2. The summed E-state index contributed by atoms with van der Waals surface area (Å²) >= 11 is 0. The molecule has 24 heavy (non-hydrogen) atoms. The summed E-state index contributed by atoms with van der Waals surface area (Å²) in [4.78, 5) is 12.2. The van der Waals surface area contributed by atoms with Crippen LogP contribution in [0.15, 0.2) is 91.1 Å². The zero-order valence-electron chi connectivity index (χ0n) is 13.0. The van der Waals surface area contributed by atoms with Gasteiger partial charge in [-0.2, -0.15) is 0 Å². The molecule has 0 amide bonds. The maximum Gasteiger partial charge on any atom is 0.187 e. The van der Waals surface area contributed by atoms with E-state index in [1.807, 2.05) is 54.6 Å². The average molecular weight is 315 g/mol. The average Bonchev–Trinajstić information content (AvgIpc) is 2.64. The molecule has 0 spiro atoms. The van der Waals surface area contributed by atoms with E-state index in [9.17, 15) is 9.90 Å². The molecule has 0 saturated carbocycles. The van der Waals surface area contributed by atoms with Crippen LogP contribution in [-0.2, 0) is 0 Å². The number of ketones is 1. The van der Waals surface area contributed by atoms with E-state index in [-0.39, 0.29) is 11.5 Å². The monoisotopic (exact) mass is 315 g/mol. The Hall–Kier alpha value is -3.33. The first-order valence-electron chi connectivity index (χ1n) is 7.65. The topological polar surface area (TPSA) is 49.3 Å². The van der Waals surface area contributed by atoms with E-state index in [1.54, 1.807) is 24.3 Å². The van der Waals surface area contributed by atoms with Crippen molar-refractivity contribution in [3.63, 3.8) is 0 Å². The highest BCUT2D eigenvalue weighted by atomic mass is 16.3. The number of allylic oxidation sites excluding steroid dienone is 1. The highest BCUT2D eigenvalue weighted by Crippen LogP contribution is 2.22. The van der Waals surface area contributed by atoms with Crippen molar-refractivity contribution in [3.05, 3.63) is 96.7 Å². The maximum atomic E-state index is 12.2. The molecule has 0 unspecified atom stereocenters. The highest BCUT2D eigenvalue weighted by Gasteiger charge is 2.03. The number of hydrogen-bond donors (Lipinski definition) is 2. The lowest BCUT2D eigenvalue weighted by Crippen LogP contribution is -1.96. The summed E-state index contributed by atoms with van der Waals surface area (Å²) in [6.45, 7) is 0. The van der Waals surface area contributed by atoms with Gasteiger partial charge in [-0.05, 0) is 23.3 Å². The van der Waals surface area contributed by atoms with Gasteiger partial charge in [-0.3, -0.25) is 4.79 Å². The number of phenols is 1. The van der Waals surface area contributed by atoms with Crippen LogP contribution in [0.5, 0.6) is 5.75 Å². The van der Waals surface area contributed by atoms with Gasteiger partial charge in [-0.1, -0.05) is 66.7 Å². The van der Waals surface area contributed by atoms with Crippen LogP contribution in [0.25, 0.3) is 11.1 Å². The Labute approximate surface area is 140 Å². The van der Waals surface area contributed by atoms with Crippen molar-refractivity contribution < 1.29 is 9.90 Å². The van der Waals surface area contributed by atoms with Crippen molar-refractivity contribution in [1.82, 2.24) is 0 Å². The normalized spacial score (nSPS) is 10.7. The molecule has 118 valence electrons. The van der Waals surface area contributed by atoms with Crippen molar-refractivity contribution in [3.8, 4) is 16.9 Å². The number of carbonyl (C=O) groups excluding carboxylic acids is 1. The molecule has 0 atom stereocenters. The largest absolute Gasteiger partial charge is 0.506 e. The number of phenolic OH excluding ortho intramolecular Hbond substituents is 1. The van der Waals surface area contributed by atoms with Gasteiger partial charge >= 0.3 is 0 Å². The van der Waals surface area contributed by atoms with E-state index in [1.165, 1.54) is 12.3 Å². The Morgan fingerprint density at radius 2 is 1.42 bits per heavy atom. The van der Waals surface area contributed by atoms with Gasteiger partial charge in [-0.25, -0.2) is 0 Å². The predicted octanol–water partition coefficient (Wildman–Crippen LogP) is 4.87. The summed E-state index contributed by atoms with van der Waals surface area (Å²) in [5, 5.41) is 12.5. The highest BCUT2D eigenvalue weighted by molar-refractivity contribution is 6.04. The van der Waals surface area contributed by atoms with Crippen LogP contribution >= 0.6 is 0 Å². The van der Waals surface area contributed by atoms with Crippen LogP contribution in [0, 0.1) is 0 Å². The zero-order chi connectivity index (χ0) is 16.8. The van der Waals surface area contributed by atoms with Crippen LogP contribution in [-0.4, -0.2) is 10.9 Å². The fourth-order valence-corrected chi connectivity index (χ4v) is 2.36. The molecule has 3 aromatic rings. The fourth-order valence-electron chi connectivity index (χ4n) is 2.36. The van der Waals surface area contributed by atoms with Gasteiger partial charge in [0, 0.05) is 17.8 Å². The molecule has 0 aliphatic rings. The second kappa shape index (κ2) is 7.29. The lowest BCUT2D eigenvalue weighted by Gasteiger charge is -2.04. The number of hydrogen-bond acceptors (Lipinski definition) is 3. The molecule has 0 aliphatic carbocycles. The van der Waals surface area contributed by atoms with E-state index in [2.05, 4.69) is 5.32 Å². The molecular weight excluding hydrogens is 298 g/mol. The Bertz CT molecular complexity index is 853. The first kappa shape index (κ1) is 15.6. The maximum absolute atomic E-state index is 12.2. The van der Waals surface area contributed by atoms with Crippen LogP contribution < -0.4 is 5.32 Å². The molecule has 0 bridgehead atoms. The molecule has 0 aromatic heterocycles. The van der Waals surface area contributed by atoms with Gasteiger partial charge in [0.2, 0.25) is 0 Å². The Morgan fingerprint density at radius 3 is 2.12 bits per heavy atom. The zero-order valence-corrected chi connectivity index (χ0v) is 13.0. The van der Waals surface area contributed by atoms with Crippen molar-refractivity contribution in [2.45, 2.75) is 0 Å². The fraction of sp³-hybridized carbons (Fsp3) is 0. The molecule has 0 aliphatic heterocycles. The van der Waals surface area contributed by atoms with Gasteiger partial charge in [0.1, 0.15) is 5.75 Å². The molecule has 0 fully saturated rings. The van der Waals surface area contributed by atoms with Crippen LogP contribution in [0.2, 0.25) is 0 Å². The predicted molar refractivity (Wildman–Crippen MR) is 97.1 cm³/mol. The minimum Gasteiger partial charge on any atom is -0.506 e. The third-order valence-corrected chi connectivity index (χ3v) is 3.65. The second-order valence-corrected chi connectivity index (χ2v) is 5.30. The molecule has 3 heteroatoms. The van der Waals surface area contributed by atoms with Gasteiger partial charge in [0.25, 0.3) is 0 Å². The number of rotatable bonds is 5. The smallest absolute Gasteiger partial charge is 0.187 e. The number of carbonyl (C=O) groups is 1. The number of aromatic hydroxyl groups is 1. The summed E-state index contributed by atoms with van der Waals surface area (Å²) in [5.41, 5.74) is 3.36. The van der Waals surface area contributed by atoms with Crippen molar-refractivity contribution in [2.75, 3.05) is 5.32 Å². The molecule has 2 N–H and O–H groups in total. The van der Waals surface area contributed by atoms with Gasteiger partial charge in [0.15, 0.2) is 5.78 Å². The third-order valence-electron chi connectivity index (χ3n) is 3.65. The summed E-state index contributed by atoms with van der Waals surface area (Å²) in [7, 11) is 0. The third kappa shape index (κ3) is 3.70. The lowest BCUT2D eigenvalue weighted by molar-refractivity contribution is 0.104.